The van der Waals surface area contributed by atoms with Crippen LogP contribution in [0.2, 0.25) is 0 Å². The zero-order valence-corrected chi connectivity index (χ0v) is 34.5. The Morgan fingerprint density at radius 3 is 1.40 bits per heavy atom. The number of carbonyl (C=O) groups is 4. The van der Waals surface area contributed by atoms with Gasteiger partial charge in [-0.15, -0.1) is 0 Å². The fourth-order valence-electron chi connectivity index (χ4n) is 14.8. The predicted molar refractivity (Wildman–Crippen MR) is 189 cm³/mol. The van der Waals surface area contributed by atoms with Crippen LogP contribution in [0.5, 0.6) is 0 Å². The maximum atomic E-state index is 17.8. The first-order valence-corrected chi connectivity index (χ1v) is 22.1. The third-order valence-electron chi connectivity index (χ3n) is 17.8. The number of hydrogen-bond acceptors (Lipinski definition) is 10. The van der Waals surface area contributed by atoms with Gasteiger partial charge in [0.05, 0.1) is 0 Å². The minimum atomic E-state index is -2.04. The summed E-state index contributed by atoms with van der Waals surface area (Å²) in [6, 6.07) is 0. The number of ketones is 4. The SMILES string of the molecule is C[C@]12CCC(=O)C=C1CC[C@H]1[C@@H]3CC[C@](O[I-]O[C@]4(C(=O)CO)CC[C@H]5[C@@H]6CCC7=CC(=O)CC[C@]7(C)[C@@]6(F)[C@@H](O)C[C@@]54C)(C(=O)CO)[C@@]3(C)C[C@H](O)[C@@]12F. The molecule has 306 valence electrons. The van der Waals surface area contributed by atoms with Crippen molar-refractivity contribution in [3.63, 3.8) is 0 Å². The molecule has 0 spiro atoms. The van der Waals surface area contributed by atoms with Gasteiger partial charge in [-0.2, -0.15) is 0 Å². The van der Waals surface area contributed by atoms with Crippen molar-refractivity contribution < 1.29 is 76.6 Å². The van der Waals surface area contributed by atoms with E-state index in [4.69, 9.17) is 6.13 Å². The summed E-state index contributed by atoms with van der Waals surface area (Å²) < 4.78 is 49.0. The number of halogens is 3. The first kappa shape index (κ1) is 40.3. The molecule has 8 aliphatic carbocycles. The van der Waals surface area contributed by atoms with Gasteiger partial charge < -0.3 is 0 Å². The van der Waals surface area contributed by atoms with Crippen LogP contribution in [0.25, 0.3) is 0 Å². The monoisotopic (exact) mass is 885 g/mol. The number of fused-ring (bicyclic) bond motifs is 10. The molecular weight excluding hydrogens is 829 g/mol. The Kier molecular flexibility index (Phi) is 9.53. The van der Waals surface area contributed by atoms with Crippen molar-refractivity contribution in [3.8, 4) is 0 Å². The van der Waals surface area contributed by atoms with Gasteiger partial charge in [-0.3, -0.25) is 0 Å². The van der Waals surface area contributed by atoms with E-state index in [-0.39, 0.29) is 62.9 Å². The summed E-state index contributed by atoms with van der Waals surface area (Å²) in [6.45, 7) is 5.56. The van der Waals surface area contributed by atoms with E-state index in [9.17, 15) is 39.6 Å². The quantitative estimate of drug-likeness (QED) is 0.264. The molecule has 0 aromatic rings. The second-order valence-electron chi connectivity index (χ2n) is 19.4. The Labute approximate surface area is 332 Å². The van der Waals surface area contributed by atoms with Gasteiger partial charge in [0.25, 0.3) is 0 Å². The molecule has 13 heteroatoms. The van der Waals surface area contributed by atoms with E-state index in [0.717, 1.165) is 11.1 Å². The van der Waals surface area contributed by atoms with E-state index < -0.39 is 127 Å². The number of aliphatic hydroxyl groups is 4. The molecule has 6 saturated carbocycles. The van der Waals surface area contributed by atoms with E-state index in [1.165, 1.54) is 0 Å². The second kappa shape index (κ2) is 13.0. The topological polar surface area (TPSA) is 168 Å². The van der Waals surface area contributed by atoms with Crippen LogP contribution in [-0.2, 0) is 25.3 Å². The van der Waals surface area contributed by atoms with Gasteiger partial charge in [0.2, 0.25) is 0 Å². The first-order chi connectivity index (χ1) is 25.8. The fraction of sp³-hybridized carbons (Fsp3) is 0.810. The third-order valence-corrected chi connectivity index (χ3v) is 19.7. The Morgan fingerprint density at radius 1 is 0.655 bits per heavy atom. The van der Waals surface area contributed by atoms with Crippen molar-refractivity contribution in [1.82, 2.24) is 0 Å². The van der Waals surface area contributed by atoms with E-state index in [2.05, 4.69) is 0 Å². The summed E-state index contributed by atoms with van der Waals surface area (Å²) >= 11 is -1.97. The van der Waals surface area contributed by atoms with Crippen LogP contribution in [0.15, 0.2) is 23.3 Å². The van der Waals surface area contributed by atoms with Crippen molar-refractivity contribution in [2.45, 2.75) is 152 Å². The standard InChI is InChI=1S/C42H56F2IO10/c1-35-13-9-25(48)17-23(35)5-7-29-27-11-15-39(33(52)21-46,37(27,3)19-31(50)41(29,35)43)54-45-55-40(34(53)22-47)16-12-28-30-8-6-24-18-26(49)10-14-36(24,2)42(30,44)32(51)20-38(28,40)4/h17-18,27-32,46-47,50-51H,5-16,19-22H2,1-4H3/q-1/t27-,28-,29-,30-,31-,32-,35-,36-,37-,38-,39-,40-,41-,42-/m0/s1. The van der Waals surface area contributed by atoms with E-state index in [0.29, 0.717) is 38.5 Å². The van der Waals surface area contributed by atoms with E-state index >= 15 is 8.78 Å². The number of Topliss-reactive ketones (excluding diaryl/α,β-unsaturated/α-hetero) is 2. The van der Waals surface area contributed by atoms with Gasteiger partial charge in [-0.05, 0) is 0 Å². The summed E-state index contributed by atoms with van der Waals surface area (Å²) in [6.07, 6.45) is 3.75. The average molecular weight is 886 g/mol. The molecule has 14 atom stereocenters. The number of carbonyl (C=O) groups excluding carboxylic acids is 4. The molecule has 55 heavy (non-hydrogen) atoms. The van der Waals surface area contributed by atoms with Crippen molar-refractivity contribution in [3.05, 3.63) is 23.3 Å². The van der Waals surface area contributed by atoms with Crippen molar-refractivity contribution in [2.75, 3.05) is 13.2 Å². The zero-order chi connectivity index (χ0) is 39.8. The molecule has 0 radical (unpaired) electrons. The Morgan fingerprint density at radius 2 is 1.04 bits per heavy atom. The molecule has 6 fully saturated rings. The molecule has 0 bridgehead atoms. The van der Waals surface area contributed by atoms with Gasteiger partial charge in [0.15, 0.2) is 0 Å². The molecular formula is C42H56F2IO10-. The van der Waals surface area contributed by atoms with Crippen molar-refractivity contribution >= 4 is 23.1 Å². The van der Waals surface area contributed by atoms with Gasteiger partial charge in [0.1, 0.15) is 0 Å². The fourth-order valence-corrected chi connectivity index (χ4v) is 17.4. The zero-order valence-electron chi connectivity index (χ0n) is 32.3. The minimum absolute atomic E-state index is 0.0386. The summed E-state index contributed by atoms with van der Waals surface area (Å²) in [5.74, 6) is -3.36. The van der Waals surface area contributed by atoms with Crippen LogP contribution in [0.1, 0.15) is 118 Å². The van der Waals surface area contributed by atoms with Crippen LogP contribution in [0.3, 0.4) is 0 Å². The second-order valence-corrected chi connectivity index (χ2v) is 20.6. The molecule has 0 aliphatic heterocycles. The van der Waals surface area contributed by atoms with Crippen LogP contribution >= 0.6 is 0 Å². The molecule has 0 aromatic heterocycles. The third kappa shape index (κ3) is 4.83. The van der Waals surface area contributed by atoms with Crippen LogP contribution < -0.4 is 22.0 Å². The summed E-state index contributed by atoms with van der Waals surface area (Å²) in [5.41, 5.74) is -10.2. The molecule has 0 saturated heterocycles. The molecule has 0 aromatic carbocycles. The Bertz CT molecular complexity index is 1650. The average Bonchev–Trinajstić information content (AvgIpc) is 3.60. The summed E-state index contributed by atoms with van der Waals surface area (Å²) in [5, 5.41) is 44.6. The van der Waals surface area contributed by atoms with Gasteiger partial charge >= 0.3 is 334 Å². The molecule has 0 unspecified atom stereocenters. The normalized spacial score (nSPS) is 51.5. The number of hydrogen-bond donors (Lipinski definition) is 4. The van der Waals surface area contributed by atoms with Crippen LogP contribution in [0, 0.1) is 45.3 Å². The molecule has 0 amide bonds. The number of alkyl halides is 2. The number of allylic oxidation sites excluding steroid dienone is 2. The Balaban J connectivity index is 1.09. The molecule has 0 heterocycles. The molecule has 4 N–H and O–H groups in total. The Hall–Kier alpha value is -1.49. The molecule has 8 aliphatic rings. The van der Waals surface area contributed by atoms with Crippen LogP contribution in [0.4, 0.5) is 8.78 Å². The van der Waals surface area contributed by atoms with Crippen molar-refractivity contribution in [1.29, 1.82) is 0 Å². The summed E-state index contributed by atoms with van der Waals surface area (Å²) in [4.78, 5) is 52.7. The number of aliphatic hydroxyl groups excluding tert-OH is 4. The van der Waals surface area contributed by atoms with Crippen molar-refractivity contribution in [2.24, 2.45) is 45.3 Å². The van der Waals surface area contributed by atoms with E-state index in [1.807, 2.05) is 27.7 Å². The molecule has 8 rings (SSSR count). The van der Waals surface area contributed by atoms with E-state index in [1.54, 1.807) is 12.2 Å². The van der Waals surface area contributed by atoms with Crippen LogP contribution in [-0.4, -0.2) is 91.5 Å². The van der Waals surface area contributed by atoms with Gasteiger partial charge in [-0.25, -0.2) is 0 Å². The summed E-state index contributed by atoms with van der Waals surface area (Å²) in [7, 11) is 0. The van der Waals surface area contributed by atoms with Gasteiger partial charge in [0, 0.05) is 0 Å². The number of rotatable bonds is 8. The maximum absolute atomic E-state index is 17.8. The molecule has 10 nitrogen and oxygen atoms in total. The predicted octanol–water partition coefficient (Wildman–Crippen LogP) is 1.73. The first-order valence-electron chi connectivity index (χ1n) is 20.3. The van der Waals surface area contributed by atoms with Gasteiger partial charge in [-0.1, -0.05) is 0 Å².